The van der Waals surface area contributed by atoms with E-state index in [9.17, 15) is 0 Å². The maximum atomic E-state index is 5.89. The molecule has 1 fully saturated rings. The van der Waals surface area contributed by atoms with Crippen LogP contribution in [0.15, 0.2) is 46.6 Å². The van der Waals surface area contributed by atoms with E-state index < -0.39 is 0 Å². The highest BCUT2D eigenvalue weighted by Gasteiger charge is 2.20. The van der Waals surface area contributed by atoms with Crippen molar-refractivity contribution in [3.8, 4) is 0 Å². The van der Waals surface area contributed by atoms with Gasteiger partial charge in [0, 0.05) is 48.8 Å². The van der Waals surface area contributed by atoms with Crippen molar-refractivity contribution in [1.82, 2.24) is 24.8 Å². The Labute approximate surface area is 193 Å². The molecule has 1 aliphatic heterocycles. The summed E-state index contributed by atoms with van der Waals surface area (Å²) in [6, 6.07) is 10.3. The van der Waals surface area contributed by atoms with Gasteiger partial charge in [0.2, 0.25) is 0 Å². The monoisotopic (exact) mass is 457 g/mol. The van der Waals surface area contributed by atoms with Crippen molar-refractivity contribution >= 4 is 34.6 Å². The van der Waals surface area contributed by atoms with E-state index in [4.69, 9.17) is 4.74 Å². The van der Waals surface area contributed by atoms with Crippen LogP contribution >= 0.6 is 23.5 Å². The molecule has 1 unspecified atom stereocenters. The van der Waals surface area contributed by atoms with E-state index in [-0.39, 0.29) is 0 Å². The number of aromatic nitrogens is 3. The number of pyridine rings is 1. The van der Waals surface area contributed by atoms with Crippen LogP contribution in [0.4, 0.5) is 0 Å². The molecule has 3 heterocycles. The van der Waals surface area contributed by atoms with Gasteiger partial charge < -0.3 is 14.6 Å². The van der Waals surface area contributed by atoms with E-state index in [0.717, 1.165) is 66.2 Å². The summed E-state index contributed by atoms with van der Waals surface area (Å²) in [6.07, 6.45) is 2.25. The molecule has 6 nitrogen and oxygen atoms in total. The SMILES string of the molecule is Cc1c(SCCN2CCOC(CN(C)C)C2)ccnc1CSc1nc2ccccc2[nH]1. The van der Waals surface area contributed by atoms with Crippen LogP contribution in [0.5, 0.6) is 0 Å². The second kappa shape index (κ2) is 10.8. The predicted molar refractivity (Wildman–Crippen MR) is 130 cm³/mol. The highest BCUT2D eigenvalue weighted by Crippen LogP contribution is 2.28. The normalized spacial score (nSPS) is 17.6. The van der Waals surface area contributed by atoms with Gasteiger partial charge in [-0.05, 0) is 44.8 Å². The molecule has 2 aromatic heterocycles. The molecule has 1 N–H and O–H groups in total. The second-order valence-electron chi connectivity index (χ2n) is 8.13. The zero-order valence-corrected chi connectivity index (χ0v) is 20.1. The minimum atomic E-state index is 0.318. The summed E-state index contributed by atoms with van der Waals surface area (Å²) in [5.74, 6) is 1.89. The lowest BCUT2D eigenvalue weighted by Crippen LogP contribution is -2.47. The van der Waals surface area contributed by atoms with Crippen molar-refractivity contribution in [2.45, 2.75) is 28.8 Å². The van der Waals surface area contributed by atoms with E-state index in [1.807, 2.05) is 36.2 Å². The zero-order chi connectivity index (χ0) is 21.6. The molecule has 31 heavy (non-hydrogen) atoms. The number of likely N-dealkylation sites (N-methyl/N-ethyl adjacent to an activating group) is 1. The number of nitrogens with zero attached hydrogens (tertiary/aromatic N) is 4. The highest BCUT2D eigenvalue weighted by molar-refractivity contribution is 7.99. The van der Waals surface area contributed by atoms with Gasteiger partial charge >= 0.3 is 0 Å². The molecule has 166 valence electrons. The first-order valence-electron chi connectivity index (χ1n) is 10.7. The molecule has 0 spiro atoms. The molecule has 0 amide bonds. The fourth-order valence-electron chi connectivity index (χ4n) is 3.78. The van der Waals surface area contributed by atoms with Crippen LogP contribution in [0, 0.1) is 6.92 Å². The van der Waals surface area contributed by atoms with E-state index >= 15 is 0 Å². The van der Waals surface area contributed by atoms with Crippen LogP contribution in [0.1, 0.15) is 11.3 Å². The number of nitrogens with one attached hydrogen (secondary N) is 1. The lowest BCUT2D eigenvalue weighted by molar-refractivity contribution is -0.0360. The van der Waals surface area contributed by atoms with Crippen LogP contribution < -0.4 is 0 Å². The molecule has 0 bridgehead atoms. The molecule has 1 saturated heterocycles. The number of H-pyrrole nitrogens is 1. The van der Waals surface area contributed by atoms with Gasteiger partial charge in [-0.15, -0.1) is 11.8 Å². The standard InChI is InChI=1S/C23H31N5OS2/c1-17-21(16-31-23-25-19-6-4-5-7-20(19)26-23)24-9-8-22(17)30-13-11-28-10-12-29-18(15-28)14-27(2)3/h4-9,18H,10-16H2,1-3H3,(H,25,26). The Morgan fingerprint density at radius 3 is 2.94 bits per heavy atom. The van der Waals surface area contributed by atoms with Gasteiger partial charge in [0.25, 0.3) is 0 Å². The molecule has 1 aromatic carbocycles. The number of thioether (sulfide) groups is 2. The smallest absolute Gasteiger partial charge is 0.166 e. The zero-order valence-electron chi connectivity index (χ0n) is 18.5. The Bertz CT molecular complexity index is 960. The number of fused-ring (bicyclic) bond motifs is 1. The number of aromatic amines is 1. The van der Waals surface area contributed by atoms with Crippen molar-refractivity contribution in [3.05, 3.63) is 47.8 Å². The molecule has 1 aliphatic rings. The number of benzene rings is 1. The highest BCUT2D eigenvalue weighted by atomic mass is 32.2. The number of hydrogen-bond acceptors (Lipinski definition) is 7. The van der Waals surface area contributed by atoms with E-state index in [1.165, 1.54) is 10.5 Å². The molecule has 8 heteroatoms. The summed E-state index contributed by atoms with van der Waals surface area (Å²) < 4.78 is 5.89. The van der Waals surface area contributed by atoms with Gasteiger partial charge in [0.05, 0.1) is 29.4 Å². The van der Waals surface area contributed by atoms with Gasteiger partial charge in [-0.25, -0.2) is 4.98 Å². The van der Waals surface area contributed by atoms with Gasteiger partial charge in [-0.2, -0.15) is 0 Å². The summed E-state index contributed by atoms with van der Waals surface area (Å²) in [4.78, 5) is 18.7. The minimum Gasteiger partial charge on any atom is -0.374 e. The first-order valence-corrected chi connectivity index (χ1v) is 12.7. The first-order chi connectivity index (χ1) is 15.1. The summed E-state index contributed by atoms with van der Waals surface area (Å²) >= 11 is 3.64. The third kappa shape index (κ3) is 6.23. The molecular weight excluding hydrogens is 426 g/mol. The number of para-hydroxylation sites is 2. The number of hydrogen-bond donors (Lipinski definition) is 1. The molecule has 0 saturated carbocycles. The average Bonchev–Trinajstić information content (AvgIpc) is 3.17. The number of morpholine rings is 1. The third-order valence-electron chi connectivity index (χ3n) is 5.43. The minimum absolute atomic E-state index is 0.318. The van der Waals surface area contributed by atoms with Crippen LogP contribution in [-0.2, 0) is 10.5 Å². The molecule has 4 rings (SSSR count). The van der Waals surface area contributed by atoms with E-state index in [0.29, 0.717) is 6.10 Å². The molecule has 3 aromatic rings. The quantitative estimate of drug-likeness (QED) is 0.489. The Hall–Kier alpha value is -1.58. The maximum absolute atomic E-state index is 5.89. The van der Waals surface area contributed by atoms with Crippen LogP contribution in [0.2, 0.25) is 0 Å². The molecule has 1 atom stereocenters. The van der Waals surface area contributed by atoms with Crippen LogP contribution in [0.3, 0.4) is 0 Å². The average molecular weight is 458 g/mol. The Kier molecular flexibility index (Phi) is 7.90. The van der Waals surface area contributed by atoms with Crippen molar-refractivity contribution in [2.24, 2.45) is 0 Å². The lowest BCUT2D eigenvalue weighted by Gasteiger charge is -2.34. The molecule has 0 aliphatic carbocycles. The predicted octanol–water partition coefficient (Wildman–Crippen LogP) is 3.91. The number of imidazole rings is 1. The summed E-state index contributed by atoms with van der Waals surface area (Å²) in [6.45, 7) is 7.14. The van der Waals surface area contributed by atoms with Crippen LogP contribution in [0.25, 0.3) is 11.0 Å². The van der Waals surface area contributed by atoms with Gasteiger partial charge in [0.1, 0.15) is 0 Å². The fourth-order valence-corrected chi connectivity index (χ4v) is 5.75. The Morgan fingerprint density at radius 2 is 2.10 bits per heavy atom. The fraction of sp³-hybridized carbons (Fsp3) is 0.478. The van der Waals surface area contributed by atoms with E-state index in [2.05, 4.69) is 57.9 Å². The van der Waals surface area contributed by atoms with E-state index in [1.54, 1.807) is 11.8 Å². The second-order valence-corrected chi connectivity index (χ2v) is 10.2. The Balaban J connectivity index is 1.29. The van der Waals surface area contributed by atoms with Gasteiger partial charge in [0.15, 0.2) is 5.16 Å². The molecule has 0 radical (unpaired) electrons. The van der Waals surface area contributed by atoms with Crippen molar-refractivity contribution in [2.75, 3.05) is 52.6 Å². The Morgan fingerprint density at radius 1 is 1.23 bits per heavy atom. The van der Waals surface area contributed by atoms with Crippen molar-refractivity contribution in [1.29, 1.82) is 0 Å². The first kappa shape index (κ1) is 22.6. The summed E-state index contributed by atoms with van der Waals surface area (Å²) in [5, 5.41) is 0.944. The maximum Gasteiger partial charge on any atom is 0.166 e. The summed E-state index contributed by atoms with van der Waals surface area (Å²) in [5.41, 5.74) is 4.50. The van der Waals surface area contributed by atoms with Crippen molar-refractivity contribution in [3.63, 3.8) is 0 Å². The third-order valence-corrected chi connectivity index (χ3v) is 7.45. The number of rotatable bonds is 9. The van der Waals surface area contributed by atoms with Gasteiger partial charge in [-0.1, -0.05) is 23.9 Å². The molecular formula is C23H31N5OS2. The largest absolute Gasteiger partial charge is 0.374 e. The summed E-state index contributed by atoms with van der Waals surface area (Å²) in [7, 11) is 4.21. The lowest BCUT2D eigenvalue weighted by atomic mass is 10.2. The topological polar surface area (TPSA) is 57.3 Å². The number of ether oxygens (including phenoxy) is 1. The van der Waals surface area contributed by atoms with Gasteiger partial charge in [-0.3, -0.25) is 9.88 Å². The van der Waals surface area contributed by atoms with Crippen LogP contribution in [-0.4, -0.2) is 83.5 Å². The van der Waals surface area contributed by atoms with Crippen molar-refractivity contribution < 1.29 is 4.74 Å².